The first-order valence-corrected chi connectivity index (χ1v) is 17.3. The molecule has 254 valence electrons. The average Bonchev–Trinajstić information content (AvgIpc) is 3.08. The number of carbonyl (C=O) groups excluding carboxylic acids is 2. The maximum absolute atomic E-state index is 14.7. The van der Waals surface area contributed by atoms with Crippen molar-refractivity contribution in [2.45, 2.75) is 51.6 Å². The molecule has 48 heavy (non-hydrogen) atoms. The first-order valence-electron chi connectivity index (χ1n) is 15.9. The Kier molecular flexibility index (Phi) is 12.2. The number of hydrogen-bond acceptors (Lipinski definition) is 6. The van der Waals surface area contributed by atoms with Crippen LogP contribution >= 0.6 is 0 Å². The molecule has 0 aliphatic rings. The molecule has 0 radical (unpaired) electrons. The molecule has 0 unspecified atom stereocenters. The van der Waals surface area contributed by atoms with Gasteiger partial charge in [0.1, 0.15) is 24.1 Å². The summed E-state index contributed by atoms with van der Waals surface area (Å²) in [7, 11) is -1.40. The minimum absolute atomic E-state index is 0.00590. The summed E-state index contributed by atoms with van der Waals surface area (Å²) >= 11 is 0. The molecule has 0 heterocycles. The minimum Gasteiger partial charge on any atom is -0.497 e. The molecule has 0 aromatic heterocycles. The predicted molar refractivity (Wildman–Crippen MR) is 189 cm³/mol. The van der Waals surface area contributed by atoms with E-state index in [1.54, 1.807) is 24.3 Å². The lowest BCUT2D eigenvalue weighted by molar-refractivity contribution is -0.140. The van der Waals surface area contributed by atoms with Gasteiger partial charge in [0.05, 0.1) is 24.8 Å². The smallest absolute Gasteiger partial charge is 0.264 e. The van der Waals surface area contributed by atoms with Crippen molar-refractivity contribution in [3.05, 3.63) is 119 Å². The van der Waals surface area contributed by atoms with E-state index in [-0.39, 0.29) is 41.1 Å². The lowest BCUT2D eigenvalue weighted by Crippen LogP contribution is -2.53. The lowest BCUT2D eigenvalue weighted by Gasteiger charge is -2.34. The van der Waals surface area contributed by atoms with Crippen LogP contribution in [0.5, 0.6) is 11.5 Å². The zero-order chi connectivity index (χ0) is 34.8. The van der Waals surface area contributed by atoms with E-state index >= 15 is 0 Å². The minimum atomic E-state index is -4.31. The molecule has 4 aromatic carbocycles. The summed E-state index contributed by atoms with van der Waals surface area (Å²) in [6.07, 6.45) is 0.232. The molecule has 0 bridgehead atoms. The van der Waals surface area contributed by atoms with Crippen molar-refractivity contribution in [2.75, 3.05) is 31.6 Å². The zero-order valence-electron chi connectivity index (χ0n) is 28.5. The Bertz CT molecular complexity index is 1780. The summed E-state index contributed by atoms with van der Waals surface area (Å²) in [4.78, 5) is 30.2. The van der Waals surface area contributed by atoms with Crippen LogP contribution in [0.15, 0.2) is 102 Å². The Morgan fingerprint density at radius 1 is 0.792 bits per heavy atom. The zero-order valence-corrected chi connectivity index (χ0v) is 29.3. The highest BCUT2D eigenvalue weighted by Gasteiger charge is 2.35. The second-order valence-corrected chi connectivity index (χ2v) is 14.1. The second kappa shape index (κ2) is 16.3. The number of carbonyl (C=O) groups is 2. The Morgan fingerprint density at radius 3 is 2.00 bits per heavy atom. The highest BCUT2D eigenvalue weighted by Crippen LogP contribution is 2.36. The number of rotatable bonds is 15. The molecule has 0 saturated carbocycles. The van der Waals surface area contributed by atoms with Crippen LogP contribution in [0.4, 0.5) is 5.69 Å². The summed E-state index contributed by atoms with van der Waals surface area (Å²) in [6.45, 7) is 7.73. The number of ether oxygens (including phenoxy) is 2. The second-order valence-electron chi connectivity index (χ2n) is 12.2. The number of benzene rings is 4. The molecule has 10 heteroatoms. The van der Waals surface area contributed by atoms with Gasteiger partial charge in [-0.25, -0.2) is 8.42 Å². The third-order valence-electron chi connectivity index (χ3n) is 7.97. The number of methoxy groups -OCH3 is 2. The van der Waals surface area contributed by atoms with Gasteiger partial charge in [0.15, 0.2) is 0 Å². The number of anilines is 1. The standard InChI is InChI=1S/C38H45N3O6S/c1-27(2)24-39-38(43)35(22-30-10-8-7-9-11-30)40(25-31-16-12-28(3)13-17-31)37(42)26-41(34-23-32(46-5)18-21-36(34)47-6)48(44,45)33-19-14-29(4)15-20-33/h7-21,23,27,35H,22,24-26H2,1-6H3,(H,39,43)/t35-/m1/s1. The first kappa shape index (κ1) is 36.0. The van der Waals surface area contributed by atoms with Crippen molar-refractivity contribution in [3.8, 4) is 11.5 Å². The molecule has 4 rings (SSSR count). The topological polar surface area (TPSA) is 105 Å². The summed E-state index contributed by atoms with van der Waals surface area (Å²) < 4.78 is 40.9. The molecule has 0 saturated heterocycles. The quantitative estimate of drug-likeness (QED) is 0.168. The van der Waals surface area contributed by atoms with Crippen molar-refractivity contribution >= 4 is 27.5 Å². The third kappa shape index (κ3) is 9.16. The Balaban J connectivity index is 1.86. The molecule has 1 atom stereocenters. The van der Waals surface area contributed by atoms with E-state index in [1.165, 1.54) is 37.3 Å². The van der Waals surface area contributed by atoms with E-state index in [2.05, 4.69) is 5.32 Å². The van der Waals surface area contributed by atoms with Gasteiger partial charge in [0, 0.05) is 25.6 Å². The van der Waals surface area contributed by atoms with Crippen molar-refractivity contribution in [3.63, 3.8) is 0 Å². The van der Waals surface area contributed by atoms with Gasteiger partial charge < -0.3 is 19.7 Å². The Labute approximate surface area is 284 Å². The van der Waals surface area contributed by atoms with Crippen LogP contribution < -0.4 is 19.1 Å². The van der Waals surface area contributed by atoms with Gasteiger partial charge in [-0.2, -0.15) is 0 Å². The molecular formula is C38H45N3O6S. The van der Waals surface area contributed by atoms with Crippen LogP contribution in [0.25, 0.3) is 0 Å². The molecule has 0 aliphatic heterocycles. The van der Waals surface area contributed by atoms with E-state index in [1.807, 2.05) is 82.3 Å². The Hall–Kier alpha value is -4.83. The number of amides is 2. The SMILES string of the molecule is COc1ccc(OC)c(N(CC(=O)N(Cc2ccc(C)cc2)[C@H](Cc2ccccc2)C(=O)NCC(C)C)S(=O)(=O)c2ccc(C)cc2)c1. The van der Waals surface area contributed by atoms with Crippen molar-refractivity contribution in [1.29, 1.82) is 0 Å². The number of nitrogens with zero attached hydrogens (tertiary/aromatic N) is 2. The lowest BCUT2D eigenvalue weighted by atomic mass is 10.0. The summed E-state index contributed by atoms with van der Waals surface area (Å²) in [5.41, 5.74) is 3.73. The van der Waals surface area contributed by atoms with Crippen LogP contribution in [0.2, 0.25) is 0 Å². The van der Waals surface area contributed by atoms with E-state index in [4.69, 9.17) is 9.47 Å². The summed E-state index contributed by atoms with van der Waals surface area (Å²) in [5, 5.41) is 3.01. The van der Waals surface area contributed by atoms with Crippen LogP contribution in [-0.2, 0) is 32.6 Å². The fraction of sp³-hybridized carbons (Fsp3) is 0.316. The molecule has 0 spiro atoms. The van der Waals surface area contributed by atoms with Gasteiger partial charge >= 0.3 is 0 Å². The fourth-order valence-electron chi connectivity index (χ4n) is 5.21. The van der Waals surface area contributed by atoms with Gasteiger partial charge in [0.2, 0.25) is 11.8 Å². The predicted octanol–water partition coefficient (Wildman–Crippen LogP) is 5.93. The molecule has 1 N–H and O–H groups in total. The van der Waals surface area contributed by atoms with Crippen molar-refractivity contribution in [1.82, 2.24) is 10.2 Å². The van der Waals surface area contributed by atoms with Crippen molar-refractivity contribution in [2.24, 2.45) is 5.92 Å². The molecular weight excluding hydrogens is 627 g/mol. The molecule has 0 aliphatic carbocycles. The number of nitrogens with one attached hydrogen (secondary N) is 1. The maximum Gasteiger partial charge on any atom is 0.264 e. The van der Waals surface area contributed by atoms with Crippen LogP contribution in [0.1, 0.15) is 36.1 Å². The normalized spacial score (nSPS) is 11.9. The number of aryl methyl sites for hydroxylation is 2. The maximum atomic E-state index is 14.7. The molecule has 2 amide bonds. The van der Waals surface area contributed by atoms with Gasteiger partial charge in [0.25, 0.3) is 10.0 Å². The fourth-order valence-corrected chi connectivity index (χ4v) is 6.63. The van der Waals surface area contributed by atoms with Crippen molar-refractivity contribution < 1.29 is 27.5 Å². The van der Waals surface area contributed by atoms with Gasteiger partial charge in [-0.1, -0.05) is 91.7 Å². The highest BCUT2D eigenvalue weighted by molar-refractivity contribution is 7.92. The van der Waals surface area contributed by atoms with Crippen LogP contribution in [0, 0.1) is 19.8 Å². The number of hydrogen-bond donors (Lipinski definition) is 1. The van der Waals surface area contributed by atoms with E-state index < -0.39 is 28.5 Å². The molecule has 9 nitrogen and oxygen atoms in total. The summed E-state index contributed by atoms with van der Waals surface area (Å²) in [6, 6.07) is 27.4. The van der Waals surface area contributed by atoms with Gasteiger partial charge in [-0.3, -0.25) is 13.9 Å². The van der Waals surface area contributed by atoms with Gasteiger partial charge in [-0.15, -0.1) is 0 Å². The van der Waals surface area contributed by atoms with Crippen LogP contribution in [-0.4, -0.2) is 58.5 Å². The number of sulfonamides is 1. The third-order valence-corrected chi connectivity index (χ3v) is 9.75. The molecule has 4 aromatic rings. The van der Waals surface area contributed by atoms with Gasteiger partial charge in [-0.05, 0) is 55.2 Å². The Morgan fingerprint density at radius 2 is 1.42 bits per heavy atom. The van der Waals surface area contributed by atoms with E-state index in [0.717, 1.165) is 26.6 Å². The molecule has 0 fully saturated rings. The monoisotopic (exact) mass is 671 g/mol. The van der Waals surface area contributed by atoms with Crippen LogP contribution in [0.3, 0.4) is 0 Å². The highest BCUT2D eigenvalue weighted by atomic mass is 32.2. The van der Waals surface area contributed by atoms with E-state index in [9.17, 15) is 18.0 Å². The van der Waals surface area contributed by atoms with E-state index in [0.29, 0.717) is 12.3 Å². The largest absolute Gasteiger partial charge is 0.497 e. The first-order chi connectivity index (χ1) is 22.9. The summed E-state index contributed by atoms with van der Waals surface area (Å²) in [5.74, 6) is -0.0753. The average molecular weight is 672 g/mol.